The van der Waals surface area contributed by atoms with Gasteiger partial charge in [0.05, 0.1) is 11.8 Å². The maximum Gasteiger partial charge on any atom is 0.291 e. The number of rotatable bonds is 4. The molecule has 0 saturated heterocycles. The number of nitrogens with zero attached hydrogens (tertiary/aromatic N) is 3. The minimum Gasteiger partial charge on any atom is -0.463 e. The van der Waals surface area contributed by atoms with Gasteiger partial charge in [0.1, 0.15) is 17.4 Å². The van der Waals surface area contributed by atoms with Crippen molar-refractivity contribution >= 4 is 38.5 Å². The van der Waals surface area contributed by atoms with E-state index in [1.165, 1.54) is 4.68 Å². The average molecular weight is 429 g/mol. The number of benzene rings is 1. The van der Waals surface area contributed by atoms with Gasteiger partial charge >= 0.3 is 0 Å². The molecule has 0 spiro atoms. The standard InChI is InChI=1S/C19H17BrN4O3/c1-11(18(25)21-10-13-4-3-5-14(20)8-13)24-19(26)16-9-17-15(6-7-27-17)23(16)12(2)22-24/h3-9,11H,10H2,1-2H3,(H,21,25). The molecule has 3 heterocycles. The summed E-state index contributed by atoms with van der Waals surface area (Å²) in [5, 5.41) is 7.21. The highest BCUT2D eigenvalue weighted by Gasteiger charge is 2.21. The molecule has 3 aromatic heterocycles. The van der Waals surface area contributed by atoms with Crippen LogP contribution in [0, 0.1) is 6.92 Å². The lowest BCUT2D eigenvalue weighted by Crippen LogP contribution is -2.38. The number of halogens is 1. The molecule has 1 unspecified atom stereocenters. The Morgan fingerprint density at radius 1 is 1.30 bits per heavy atom. The Bertz CT molecular complexity index is 1220. The molecule has 8 heteroatoms. The molecule has 1 atom stereocenters. The maximum absolute atomic E-state index is 12.9. The van der Waals surface area contributed by atoms with E-state index in [2.05, 4.69) is 26.3 Å². The number of aromatic nitrogens is 3. The smallest absolute Gasteiger partial charge is 0.291 e. The number of amides is 1. The van der Waals surface area contributed by atoms with Crippen LogP contribution in [0.25, 0.3) is 16.6 Å². The summed E-state index contributed by atoms with van der Waals surface area (Å²) in [6.45, 7) is 3.83. The van der Waals surface area contributed by atoms with E-state index in [1.54, 1.807) is 36.6 Å². The topological polar surface area (TPSA) is 81.5 Å². The predicted molar refractivity (Wildman–Crippen MR) is 105 cm³/mol. The molecule has 4 rings (SSSR count). The summed E-state index contributed by atoms with van der Waals surface area (Å²) in [5.74, 6) is 0.330. The molecule has 0 fully saturated rings. The van der Waals surface area contributed by atoms with Crippen LogP contribution < -0.4 is 10.9 Å². The van der Waals surface area contributed by atoms with Gasteiger partial charge < -0.3 is 9.73 Å². The lowest BCUT2D eigenvalue weighted by molar-refractivity contribution is -0.124. The number of furan rings is 1. The van der Waals surface area contributed by atoms with Crippen LogP contribution in [-0.2, 0) is 11.3 Å². The second-order valence-corrected chi connectivity index (χ2v) is 7.27. The molecular formula is C19H17BrN4O3. The van der Waals surface area contributed by atoms with Crippen molar-refractivity contribution in [3.8, 4) is 0 Å². The van der Waals surface area contributed by atoms with Crippen LogP contribution in [0.3, 0.4) is 0 Å². The minimum atomic E-state index is -0.741. The minimum absolute atomic E-state index is 0.274. The first-order valence-electron chi connectivity index (χ1n) is 8.46. The Morgan fingerprint density at radius 3 is 2.89 bits per heavy atom. The van der Waals surface area contributed by atoms with Gasteiger partial charge in [0, 0.05) is 23.2 Å². The molecule has 0 radical (unpaired) electrons. The SMILES string of the molecule is Cc1nn(C(C)C(=O)NCc2cccc(Br)c2)c(=O)c2cc3occc3n12. The van der Waals surface area contributed by atoms with E-state index >= 15 is 0 Å². The van der Waals surface area contributed by atoms with E-state index in [0.29, 0.717) is 23.5 Å². The van der Waals surface area contributed by atoms with Gasteiger partial charge in [-0.15, -0.1) is 0 Å². The third-order valence-corrected chi connectivity index (χ3v) is 5.02. The van der Waals surface area contributed by atoms with Crippen molar-refractivity contribution in [2.24, 2.45) is 0 Å². The Morgan fingerprint density at radius 2 is 2.11 bits per heavy atom. The van der Waals surface area contributed by atoms with Crippen molar-refractivity contribution in [1.29, 1.82) is 0 Å². The molecule has 0 saturated carbocycles. The summed E-state index contributed by atoms with van der Waals surface area (Å²) in [4.78, 5) is 25.4. The highest BCUT2D eigenvalue weighted by atomic mass is 79.9. The summed E-state index contributed by atoms with van der Waals surface area (Å²) in [5.41, 5.74) is 2.46. The monoisotopic (exact) mass is 428 g/mol. The van der Waals surface area contributed by atoms with Gasteiger partial charge in [-0.05, 0) is 31.5 Å². The zero-order valence-corrected chi connectivity index (χ0v) is 16.4. The number of fused-ring (bicyclic) bond motifs is 3. The van der Waals surface area contributed by atoms with Crippen LogP contribution in [0.5, 0.6) is 0 Å². The van der Waals surface area contributed by atoms with Crippen molar-refractivity contribution in [2.45, 2.75) is 26.4 Å². The lowest BCUT2D eigenvalue weighted by atomic mass is 10.2. The number of carbonyl (C=O) groups excluding carboxylic acids is 1. The lowest BCUT2D eigenvalue weighted by Gasteiger charge is -2.15. The van der Waals surface area contributed by atoms with Gasteiger partial charge in [-0.2, -0.15) is 5.10 Å². The predicted octanol–water partition coefficient (Wildman–Crippen LogP) is 3.19. The van der Waals surface area contributed by atoms with Crippen LogP contribution in [0.2, 0.25) is 0 Å². The molecule has 0 aliphatic carbocycles. The fourth-order valence-electron chi connectivity index (χ4n) is 3.15. The summed E-state index contributed by atoms with van der Waals surface area (Å²) in [6.07, 6.45) is 1.57. The third-order valence-electron chi connectivity index (χ3n) is 4.53. The first-order chi connectivity index (χ1) is 13.0. The van der Waals surface area contributed by atoms with E-state index < -0.39 is 6.04 Å². The van der Waals surface area contributed by atoms with Gasteiger partial charge in [-0.3, -0.25) is 14.0 Å². The molecule has 27 heavy (non-hydrogen) atoms. The zero-order chi connectivity index (χ0) is 19.1. The molecule has 1 amide bonds. The molecule has 7 nitrogen and oxygen atoms in total. The van der Waals surface area contributed by atoms with E-state index in [9.17, 15) is 9.59 Å². The molecule has 0 aliphatic rings. The van der Waals surface area contributed by atoms with E-state index in [1.807, 2.05) is 24.3 Å². The fourth-order valence-corrected chi connectivity index (χ4v) is 3.60. The largest absolute Gasteiger partial charge is 0.463 e. The Labute approximate surface area is 162 Å². The van der Waals surface area contributed by atoms with Crippen LogP contribution in [0.15, 0.2) is 56.3 Å². The number of carbonyl (C=O) groups is 1. The van der Waals surface area contributed by atoms with Crippen LogP contribution in [-0.4, -0.2) is 20.1 Å². The second kappa shape index (κ2) is 6.70. The fraction of sp³-hybridized carbons (Fsp3) is 0.211. The van der Waals surface area contributed by atoms with Crippen LogP contribution in [0.4, 0.5) is 0 Å². The Balaban J connectivity index is 1.63. The normalized spacial score (nSPS) is 12.6. The molecular weight excluding hydrogens is 412 g/mol. The molecule has 138 valence electrons. The van der Waals surface area contributed by atoms with Crippen molar-refractivity contribution in [1.82, 2.24) is 19.5 Å². The average Bonchev–Trinajstić information content (AvgIpc) is 3.23. The van der Waals surface area contributed by atoms with Gasteiger partial charge in [0.25, 0.3) is 5.56 Å². The number of hydrogen-bond acceptors (Lipinski definition) is 4. The van der Waals surface area contributed by atoms with E-state index in [-0.39, 0.29) is 11.5 Å². The number of hydrogen-bond donors (Lipinski definition) is 1. The highest BCUT2D eigenvalue weighted by Crippen LogP contribution is 2.20. The first kappa shape index (κ1) is 17.5. The first-order valence-corrected chi connectivity index (χ1v) is 9.25. The third kappa shape index (κ3) is 3.06. The van der Waals surface area contributed by atoms with E-state index in [0.717, 1.165) is 15.6 Å². The summed E-state index contributed by atoms with van der Waals surface area (Å²) in [7, 11) is 0. The van der Waals surface area contributed by atoms with Crippen molar-refractivity contribution in [3.63, 3.8) is 0 Å². The molecule has 1 N–H and O–H groups in total. The number of aryl methyl sites for hydroxylation is 1. The molecule has 0 bridgehead atoms. The van der Waals surface area contributed by atoms with Gasteiger partial charge in [-0.1, -0.05) is 28.1 Å². The Kier molecular flexibility index (Phi) is 4.35. The van der Waals surface area contributed by atoms with Crippen molar-refractivity contribution < 1.29 is 9.21 Å². The Hall–Kier alpha value is -2.87. The van der Waals surface area contributed by atoms with Crippen LogP contribution >= 0.6 is 15.9 Å². The summed E-state index contributed by atoms with van der Waals surface area (Å²) >= 11 is 3.41. The quantitative estimate of drug-likeness (QED) is 0.540. The maximum atomic E-state index is 12.9. The molecule has 4 aromatic rings. The van der Waals surface area contributed by atoms with Crippen molar-refractivity contribution in [2.75, 3.05) is 0 Å². The molecule has 1 aromatic carbocycles. The summed E-state index contributed by atoms with van der Waals surface area (Å²) in [6, 6.07) is 10.4. The summed E-state index contributed by atoms with van der Waals surface area (Å²) < 4.78 is 9.28. The van der Waals surface area contributed by atoms with Gasteiger partial charge in [-0.25, -0.2) is 4.68 Å². The van der Waals surface area contributed by atoms with Crippen LogP contribution in [0.1, 0.15) is 24.4 Å². The highest BCUT2D eigenvalue weighted by molar-refractivity contribution is 9.10. The second-order valence-electron chi connectivity index (χ2n) is 6.36. The zero-order valence-electron chi connectivity index (χ0n) is 14.8. The van der Waals surface area contributed by atoms with Crippen molar-refractivity contribution in [3.05, 3.63) is 68.9 Å². The van der Waals surface area contributed by atoms with E-state index in [4.69, 9.17) is 4.42 Å². The molecule has 0 aliphatic heterocycles. The van der Waals surface area contributed by atoms with Gasteiger partial charge in [0.2, 0.25) is 5.91 Å². The van der Waals surface area contributed by atoms with Gasteiger partial charge in [0.15, 0.2) is 5.58 Å². The number of nitrogens with one attached hydrogen (secondary N) is 1.